The largest absolute Gasteiger partial charge is 0.330 e. The van der Waals surface area contributed by atoms with E-state index in [0.717, 1.165) is 30.2 Å². The minimum absolute atomic E-state index is 0.651. The predicted octanol–water partition coefficient (Wildman–Crippen LogP) is 2.63. The molecule has 0 amide bonds. The molecule has 18 heavy (non-hydrogen) atoms. The zero-order chi connectivity index (χ0) is 12.2. The second kappa shape index (κ2) is 4.21. The molecule has 1 saturated heterocycles. The molecule has 0 radical (unpaired) electrons. The van der Waals surface area contributed by atoms with Crippen molar-refractivity contribution in [2.24, 2.45) is 29.4 Å². The van der Waals surface area contributed by atoms with E-state index in [1.54, 1.807) is 19.3 Å². The fraction of sp³-hybridized carbons (Fsp3) is 1.00. The van der Waals surface area contributed by atoms with Gasteiger partial charge in [-0.25, -0.2) is 0 Å². The Bertz CT molecular complexity index is 290. The highest BCUT2D eigenvalue weighted by molar-refractivity contribution is 5.08. The van der Waals surface area contributed by atoms with Crippen molar-refractivity contribution in [2.75, 3.05) is 19.6 Å². The van der Waals surface area contributed by atoms with Gasteiger partial charge < -0.3 is 5.73 Å². The molecule has 0 aromatic rings. The Morgan fingerprint density at radius 3 is 2.17 bits per heavy atom. The summed E-state index contributed by atoms with van der Waals surface area (Å²) in [5.41, 5.74) is 6.39. The smallest absolute Gasteiger partial charge is 0.0217 e. The van der Waals surface area contributed by atoms with Crippen LogP contribution in [0.4, 0.5) is 0 Å². The van der Waals surface area contributed by atoms with E-state index in [9.17, 15) is 0 Å². The van der Waals surface area contributed by atoms with Gasteiger partial charge >= 0.3 is 0 Å². The van der Waals surface area contributed by atoms with Crippen molar-refractivity contribution < 1.29 is 0 Å². The van der Waals surface area contributed by atoms with Gasteiger partial charge in [-0.1, -0.05) is 0 Å². The molecule has 0 aromatic heterocycles. The minimum atomic E-state index is 0.651. The molecular formula is C16H28N2. The van der Waals surface area contributed by atoms with Crippen LogP contribution < -0.4 is 5.73 Å². The quantitative estimate of drug-likeness (QED) is 0.832. The summed E-state index contributed by atoms with van der Waals surface area (Å²) in [7, 11) is 0. The maximum atomic E-state index is 5.74. The molecule has 0 spiro atoms. The summed E-state index contributed by atoms with van der Waals surface area (Å²) < 4.78 is 0. The highest BCUT2D eigenvalue weighted by Crippen LogP contribution is 2.58. The van der Waals surface area contributed by atoms with Gasteiger partial charge in [-0.05, 0) is 88.1 Å². The molecule has 2 heteroatoms. The Morgan fingerprint density at radius 1 is 1.00 bits per heavy atom. The number of likely N-dealkylation sites (tertiary alicyclic amines) is 1. The van der Waals surface area contributed by atoms with E-state index in [1.807, 2.05) is 0 Å². The van der Waals surface area contributed by atoms with E-state index in [-0.39, 0.29) is 0 Å². The molecule has 4 saturated carbocycles. The standard InChI is InChI=1S/C16H28N2/c17-3-1-12-2-4-18(11-12)16-8-13-5-14(9-16)7-15(6-13)10-16/h12-15H,1-11,17H2. The lowest BCUT2D eigenvalue weighted by Gasteiger charge is -2.60. The molecule has 1 atom stereocenters. The molecule has 5 rings (SSSR count). The molecule has 4 aliphatic carbocycles. The van der Waals surface area contributed by atoms with Crippen molar-refractivity contribution in [1.29, 1.82) is 0 Å². The normalized spacial score (nSPS) is 51.2. The van der Waals surface area contributed by atoms with Gasteiger partial charge in [0.2, 0.25) is 0 Å². The molecule has 1 heterocycles. The van der Waals surface area contributed by atoms with E-state index in [2.05, 4.69) is 4.90 Å². The van der Waals surface area contributed by atoms with Crippen LogP contribution in [0.5, 0.6) is 0 Å². The Kier molecular flexibility index (Phi) is 2.74. The third-order valence-electron chi connectivity index (χ3n) is 6.54. The average molecular weight is 248 g/mol. The fourth-order valence-electron chi connectivity index (χ4n) is 6.19. The van der Waals surface area contributed by atoms with Gasteiger partial charge in [0.1, 0.15) is 0 Å². The number of hydrogen-bond donors (Lipinski definition) is 1. The molecule has 1 unspecified atom stereocenters. The van der Waals surface area contributed by atoms with Crippen LogP contribution in [0.1, 0.15) is 51.4 Å². The number of hydrogen-bond acceptors (Lipinski definition) is 2. The van der Waals surface area contributed by atoms with E-state index in [1.165, 1.54) is 45.2 Å². The summed E-state index contributed by atoms with van der Waals surface area (Å²) in [5, 5.41) is 0. The van der Waals surface area contributed by atoms with Crippen LogP contribution in [-0.2, 0) is 0 Å². The third kappa shape index (κ3) is 1.76. The first-order valence-corrected chi connectivity index (χ1v) is 8.22. The lowest BCUT2D eigenvalue weighted by Crippen LogP contribution is -2.59. The summed E-state index contributed by atoms with van der Waals surface area (Å²) in [4.78, 5) is 2.91. The van der Waals surface area contributed by atoms with Crippen LogP contribution in [0.3, 0.4) is 0 Å². The molecular weight excluding hydrogens is 220 g/mol. The maximum absolute atomic E-state index is 5.74. The van der Waals surface area contributed by atoms with Gasteiger partial charge in [0.25, 0.3) is 0 Å². The molecule has 0 aromatic carbocycles. The van der Waals surface area contributed by atoms with Crippen molar-refractivity contribution in [1.82, 2.24) is 4.90 Å². The van der Waals surface area contributed by atoms with E-state index in [0.29, 0.717) is 5.54 Å². The molecule has 5 fully saturated rings. The zero-order valence-corrected chi connectivity index (χ0v) is 11.6. The van der Waals surface area contributed by atoms with Crippen molar-refractivity contribution in [2.45, 2.75) is 56.9 Å². The highest BCUT2D eigenvalue weighted by Gasteiger charge is 2.54. The van der Waals surface area contributed by atoms with Crippen LogP contribution in [0.15, 0.2) is 0 Å². The van der Waals surface area contributed by atoms with E-state index < -0.39 is 0 Å². The van der Waals surface area contributed by atoms with Gasteiger partial charge in [0.15, 0.2) is 0 Å². The van der Waals surface area contributed by atoms with Crippen LogP contribution in [0.25, 0.3) is 0 Å². The maximum Gasteiger partial charge on any atom is 0.0217 e. The summed E-state index contributed by atoms with van der Waals surface area (Å²) >= 11 is 0. The molecule has 5 aliphatic rings. The van der Waals surface area contributed by atoms with Crippen LogP contribution >= 0.6 is 0 Å². The third-order valence-corrected chi connectivity index (χ3v) is 6.54. The van der Waals surface area contributed by atoms with E-state index in [4.69, 9.17) is 5.73 Å². The van der Waals surface area contributed by atoms with Gasteiger partial charge in [0.05, 0.1) is 0 Å². The zero-order valence-electron chi connectivity index (χ0n) is 11.6. The summed E-state index contributed by atoms with van der Waals surface area (Å²) in [6.45, 7) is 3.62. The van der Waals surface area contributed by atoms with Crippen molar-refractivity contribution >= 4 is 0 Å². The molecule has 1 aliphatic heterocycles. The molecule has 102 valence electrons. The first-order chi connectivity index (χ1) is 8.77. The molecule has 2 N–H and O–H groups in total. The Morgan fingerprint density at radius 2 is 1.61 bits per heavy atom. The SMILES string of the molecule is NCCC1CCN(C23CC4CC(CC(C4)C2)C3)C1. The first kappa shape index (κ1) is 11.7. The van der Waals surface area contributed by atoms with Crippen LogP contribution in [0.2, 0.25) is 0 Å². The van der Waals surface area contributed by atoms with E-state index >= 15 is 0 Å². The Hall–Kier alpha value is -0.0800. The molecule has 2 nitrogen and oxygen atoms in total. The van der Waals surface area contributed by atoms with Crippen LogP contribution in [-0.4, -0.2) is 30.1 Å². The highest BCUT2D eigenvalue weighted by atomic mass is 15.2. The average Bonchev–Trinajstić information content (AvgIpc) is 2.77. The lowest BCUT2D eigenvalue weighted by molar-refractivity contribution is -0.0814. The first-order valence-electron chi connectivity index (χ1n) is 8.22. The topological polar surface area (TPSA) is 29.3 Å². The second-order valence-electron chi connectivity index (χ2n) is 7.82. The summed E-state index contributed by atoms with van der Waals surface area (Å²) in [6.07, 6.45) is 12.0. The monoisotopic (exact) mass is 248 g/mol. The van der Waals surface area contributed by atoms with Gasteiger partial charge in [-0.3, -0.25) is 4.90 Å². The fourth-order valence-corrected chi connectivity index (χ4v) is 6.19. The van der Waals surface area contributed by atoms with Gasteiger partial charge in [-0.15, -0.1) is 0 Å². The number of nitrogens with two attached hydrogens (primary N) is 1. The Labute approximate surface area is 111 Å². The summed E-state index contributed by atoms with van der Waals surface area (Å²) in [6, 6.07) is 0. The van der Waals surface area contributed by atoms with Gasteiger partial charge in [0, 0.05) is 12.1 Å². The van der Waals surface area contributed by atoms with Gasteiger partial charge in [-0.2, -0.15) is 0 Å². The minimum Gasteiger partial charge on any atom is -0.330 e. The molecule has 4 bridgehead atoms. The Balaban J connectivity index is 1.51. The van der Waals surface area contributed by atoms with Crippen molar-refractivity contribution in [3.63, 3.8) is 0 Å². The second-order valence-corrected chi connectivity index (χ2v) is 7.82. The lowest BCUT2D eigenvalue weighted by atomic mass is 9.52. The predicted molar refractivity (Wildman–Crippen MR) is 74.3 cm³/mol. The van der Waals surface area contributed by atoms with Crippen LogP contribution in [0, 0.1) is 23.7 Å². The number of rotatable bonds is 3. The van der Waals surface area contributed by atoms with Crippen molar-refractivity contribution in [3.8, 4) is 0 Å². The van der Waals surface area contributed by atoms with Crippen molar-refractivity contribution in [3.05, 3.63) is 0 Å². The number of nitrogens with zero attached hydrogens (tertiary/aromatic N) is 1. The summed E-state index contributed by atoms with van der Waals surface area (Å²) in [5.74, 6) is 4.17.